The molecule has 1 heterocycles. The van der Waals surface area contributed by atoms with Crippen LogP contribution in [0.5, 0.6) is 0 Å². The Hall–Kier alpha value is -1.94. The summed E-state index contributed by atoms with van der Waals surface area (Å²) in [7, 11) is -3.93. The Morgan fingerprint density at radius 3 is 1.92 bits per heavy atom. The van der Waals surface area contributed by atoms with Gasteiger partial charge in [-0.2, -0.15) is 0 Å². The summed E-state index contributed by atoms with van der Waals surface area (Å²) in [6.07, 6.45) is -3.71. The molecule has 0 saturated carbocycles. The fraction of sp³-hybridized carbons (Fsp3) is 0.667. The Morgan fingerprint density at radius 2 is 1.48 bits per heavy atom. The number of hydrogen-bond acceptors (Lipinski definition) is 9. The van der Waals surface area contributed by atoms with E-state index >= 15 is 0 Å². The summed E-state index contributed by atoms with van der Waals surface area (Å²) in [4.78, 5) is 33.8. The van der Waals surface area contributed by atoms with Crippen LogP contribution in [-0.4, -0.2) is 62.4 Å². The van der Waals surface area contributed by atoms with Crippen molar-refractivity contribution >= 4 is 27.7 Å². The number of ether oxygens (including phenoxy) is 4. The van der Waals surface area contributed by atoms with E-state index in [4.69, 9.17) is 18.9 Å². The molecule has 0 aromatic carbocycles. The minimum Gasteiger partial charge on any atom is -0.463 e. The molecule has 0 aliphatic carbocycles. The second kappa shape index (κ2) is 8.43. The largest absolute Gasteiger partial charge is 0.463 e. The minimum absolute atomic E-state index is 0.357. The van der Waals surface area contributed by atoms with Crippen LogP contribution in [0.3, 0.4) is 0 Å². The molecule has 0 N–H and O–H groups in total. The van der Waals surface area contributed by atoms with E-state index in [2.05, 4.69) is 6.58 Å². The second-order valence-corrected chi connectivity index (χ2v) is 7.84. The zero-order valence-electron chi connectivity index (χ0n) is 14.5. The number of carbonyl (C=O) groups excluding carboxylic acids is 3. The molecule has 0 amide bonds. The summed E-state index contributed by atoms with van der Waals surface area (Å²) in [6, 6.07) is 0. The van der Waals surface area contributed by atoms with Crippen molar-refractivity contribution < 1.29 is 41.7 Å². The van der Waals surface area contributed by atoms with E-state index in [0.717, 1.165) is 20.8 Å². The van der Waals surface area contributed by atoms with Crippen LogP contribution in [0, 0.1) is 0 Å². The molecule has 1 unspecified atom stereocenters. The Labute approximate surface area is 146 Å². The molecule has 4 atom stereocenters. The van der Waals surface area contributed by atoms with Crippen LogP contribution >= 0.6 is 0 Å². The monoisotopic (exact) mass is 378 g/mol. The third-order valence-electron chi connectivity index (χ3n) is 3.12. The number of rotatable bonds is 7. The van der Waals surface area contributed by atoms with Crippen molar-refractivity contribution in [1.82, 2.24) is 0 Å². The molecule has 0 bridgehead atoms. The normalized spacial score (nSPS) is 25.9. The van der Waals surface area contributed by atoms with Crippen LogP contribution in [0.1, 0.15) is 27.7 Å². The maximum Gasteiger partial charge on any atom is 0.303 e. The molecule has 1 saturated heterocycles. The van der Waals surface area contributed by atoms with Crippen LogP contribution in [0.4, 0.5) is 0 Å². The van der Waals surface area contributed by atoms with Gasteiger partial charge in [0.2, 0.25) is 0 Å². The molecule has 142 valence electrons. The molecular weight excluding hydrogens is 356 g/mol. The molecule has 9 nitrogen and oxygen atoms in total. The van der Waals surface area contributed by atoms with Gasteiger partial charge in [0, 0.05) is 20.8 Å². The van der Waals surface area contributed by atoms with Gasteiger partial charge in [-0.3, -0.25) is 14.4 Å². The van der Waals surface area contributed by atoms with Gasteiger partial charge in [-0.05, 0) is 6.92 Å². The van der Waals surface area contributed by atoms with Crippen molar-refractivity contribution in [2.24, 2.45) is 0 Å². The third kappa shape index (κ3) is 6.13. The Bertz CT molecular complexity index is 652. The summed E-state index contributed by atoms with van der Waals surface area (Å²) < 4.78 is 45.5. The molecule has 0 radical (unpaired) electrons. The van der Waals surface area contributed by atoms with E-state index in [9.17, 15) is 22.8 Å². The fourth-order valence-corrected chi connectivity index (χ4v) is 4.17. The highest BCUT2D eigenvalue weighted by Crippen LogP contribution is 2.31. The van der Waals surface area contributed by atoms with Gasteiger partial charge in [0.1, 0.15) is 12.7 Å². The summed E-state index contributed by atoms with van der Waals surface area (Å²) in [5, 5.41) is 0. The van der Waals surface area contributed by atoms with E-state index in [1.165, 1.54) is 6.92 Å². The lowest BCUT2D eigenvalue weighted by Crippen LogP contribution is -2.43. The molecule has 1 aliphatic rings. The average molecular weight is 378 g/mol. The SMILES string of the molecule is C=C(C)CS(=O)(=O)C1O[C@H](COC(C)=O)[C@@H](OC(C)=O)[C@H]1OC(C)=O. The zero-order chi connectivity index (χ0) is 19.4. The lowest BCUT2D eigenvalue weighted by atomic mass is 10.1. The van der Waals surface area contributed by atoms with Crippen LogP contribution in [0.25, 0.3) is 0 Å². The van der Waals surface area contributed by atoms with Gasteiger partial charge < -0.3 is 18.9 Å². The first-order valence-corrected chi connectivity index (χ1v) is 9.14. The first kappa shape index (κ1) is 21.1. The minimum atomic E-state index is -3.93. The number of esters is 3. The maximum absolute atomic E-state index is 12.5. The standard InChI is InChI=1S/C15H22O9S/c1-8(2)7-25(19,20)15-14(23-11(5)18)13(22-10(4)17)12(24-15)6-21-9(3)16/h12-15H,1,6-7H2,2-5H3/t12-,13-,14-,15?/m1/s1. The maximum atomic E-state index is 12.5. The van der Waals surface area contributed by atoms with E-state index in [0.29, 0.717) is 5.57 Å². The van der Waals surface area contributed by atoms with Crippen molar-refractivity contribution in [3.8, 4) is 0 Å². The van der Waals surface area contributed by atoms with E-state index in [1.54, 1.807) is 0 Å². The lowest BCUT2D eigenvalue weighted by Gasteiger charge is -2.23. The van der Waals surface area contributed by atoms with Gasteiger partial charge in [0.05, 0.1) is 5.75 Å². The van der Waals surface area contributed by atoms with E-state index in [1.807, 2.05) is 0 Å². The lowest BCUT2D eigenvalue weighted by molar-refractivity contribution is -0.165. The summed E-state index contributed by atoms with van der Waals surface area (Å²) in [5.41, 5.74) is -1.21. The predicted octanol–water partition coefficient (Wildman–Crippen LogP) is 0.129. The van der Waals surface area contributed by atoms with Crippen LogP contribution in [-0.2, 0) is 43.2 Å². The molecular formula is C15H22O9S. The fourth-order valence-electron chi connectivity index (χ4n) is 2.39. The van der Waals surface area contributed by atoms with Crippen molar-refractivity contribution in [2.75, 3.05) is 12.4 Å². The van der Waals surface area contributed by atoms with Crippen LogP contribution in [0.2, 0.25) is 0 Å². The number of carbonyl (C=O) groups is 3. The molecule has 1 rings (SSSR count). The highest BCUT2D eigenvalue weighted by Gasteiger charge is 2.54. The zero-order valence-corrected chi connectivity index (χ0v) is 15.3. The second-order valence-electron chi connectivity index (χ2n) is 5.76. The molecule has 1 fully saturated rings. The Morgan fingerprint density at radius 1 is 0.960 bits per heavy atom. The van der Waals surface area contributed by atoms with Crippen LogP contribution < -0.4 is 0 Å². The highest BCUT2D eigenvalue weighted by atomic mass is 32.2. The predicted molar refractivity (Wildman–Crippen MR) is 85.0 cm³/mol. The summed E-state index contributed by atoms with van der Waals surface area (Å²) in [5.74, 6) is -2.52. The average Bonchev–Trinajstić information content (AvgIpc) is 2.73. The summed E-state index contributed by atoms with van der Waals surface area (Å²) >= 11 is 0. The first-order chi connectivity index (χ1) is 11.4. The first-order valence-electron chi connectivity index (χ1n) is 7.43. The smallest absolute Gasteiger partial charge is 0.303 e. The van der Waals surface area contributed by atoms with Crippen molar-refractivity contribution in [3.05, 3.63) is 12.2 Å². The van der Waals surface area contributed by atoms with Crippen molar-refractivity contribution in [2.45, 2.75) is 51.4 Å². The van der Waals surface area contributed by atoms with Gasteiger partial charge >= 0.3 is 17.9 Å². The number of hydrogen-bond donors (Lipinski definition) is 0. The van der Waals surface area contributed by atoms with E-state index in [-0.39, 0.29) is 6.61 Å². The molecule has 0 aromatic heterocycles. The van der Waals surface area contributed by atoms with Crippen LogP contribution in [0.15, 0.2) is 12.2 Å². The topological polar surface area (TPSA) is 122 Å². The summed E-state index contributed by atoms with van der Waals surface area (Å²) in [6.45, 7) is 8.08. The van der Waals surface area contributed by atoms with E-state index < -0.39 is 57.2 Å². The van der Waals surface area contributed by atoms with Gasteiger partial charge in [-0.15, -0.1) is 0 Å². The molecule has 0 spiro atoms. The van der Waals surface area contributed by atoms with Gasteiger partial charge in [-0.25, -0.2) is 8.42 Å². The van der Waals surface area contributed by atoms with Crippen molar-refractivity contribution in [1.29, 1.82) is 0 Å². The van der Waals surface area contributed by atoms with Gasteiger partial charge in [0.15, 0.2) is 27.5 Å². The third-order valence-corrected chi connectivity index (χ3v) is 5.11. The van der Waals surface area contributed by atoms with Gasteiger partial charge in [0.25, 0.3) is 0 Å². The molecule has 0 aromatic rings. The molecule has 25 heavy (non-hydrogen) atoms. The Balaban J connectivity index is 3.20. The number of sulfone groups is 1. The Kier molecular flexibility index (Phi) is 7.12. The highest BCUT2D eigenvalue weighted by molar-refractivity contribution is 7.92. The molecule has 1 aliphatic heterocycles. The quantitative estimate of drug-likeness (QED) is 0.345. The van der Waals surface area contributed by atoms with Gasteiger partial charge in [-0.1, -0.05) is 12.2 Å². The van der Waals surface area contributed by atoms with Crippen molar-refractivity contribution in [3.63, 3.8) is 0 Å². The molecule has 10 heteroatoms.